The lowest BCUT2D eigenvalue weighted by atomic mass is 10.0. The molecule has 9 heteroatoms. The monoisotopic (exact) mass is 464 g/mol. The second-order valence-corrected chi connectivity index (χ2v) is 9.29. The van der Waals surface area contributed by atoms with Crippen molar-refractivity contribution in [1.82, 2.24) is 25.2 Å². The van der Waals surface area contributed by atoms with Gasteiger partial charge in [0.1, 0.15) is 11.6 Å². The van der Waals surface area contributed by atoms with E-state index in [9.17, 15) is 4.79 Å². The number of hydrogen-bond acceptors (Lipinski definition) is 8. The Morgan fingerprint density at radius 3 is 2.47 bits per heavy atom. The minimum Gasteiger partial charge on any atom is -0.368 e. The highest BCUT2D eigenvalue weighted by Crippen LogP contribution is 2.30. The molecule has 1 aliphatic carbocycles. The molecule has 9 nitrogen and oxygen atoms in total. The van der Waals surface area contributed by atoms with E-state index in [1.165, 1.54) is 12.8 Å². The normalized spacial score (nSPS) is 17.4. The number of pyridine rings is 1. The molecule has 0 atom stereocenters. The first kappa shape index (κ1) is 23.9. The van der Waals surface area contributed by atoms with E-state index in [1.54, 1.807) is 25.2 Å². The number of carbonyl (C=O) groups is 1. The van der Waals surface area contributed by atoms with Crippen molar-refractivity contribution in [3.05, 3.63) is 35.7 Å². The van der Waals surface area contributed by atoms with Crippen LogP contribution >= 0.6 is 0 Å². The van der Waals surface area contributed by atoms with Crippen LogP contribution < -0.4 is 20.9 Å². The van der Waals surface area contributed by atoms with Crippen molar-refractivity contribution in [3.63, 3.8) is 0 Å². The lowest BCUT2D eigenvalue weighted by molar-refractivity contribution is -0.124. The number of likely N-dealkylation sites (N-methyl/N-ethyl adjacent to an activating group) is 1. The highest BCUT2D eigenvalue weighted by Gasteiger charge is 2.20. The predicted molar refractivity (Wildman–Crippen MR) is 137 cm³/mol. The summed E-state index contributed by atoms with van der Waals surface area (Å²) < 4.78 is 0. The van der Waals surface area contributed by atoms with Gasteiger partial charge in [0, 0.05) is 63.6 Å². The molecule has 3 heterocycles. The lowest BCUT2D eigenvalue weighted by Gasteiger charge is -2.29. The zero-order valence-electron chi connectivity index (χ0n) is 20.7. The molecule has 0 aromatic carbocycles. The van der Waals surface area contributed by atoms with Gasteiger partial charge in [-0.15, -0.1) is 0 Å². The number of rotatable bonds is 7. The summed E-state index contributed by atoms with van der Waals surface area (Å²) in [5.74, 6) is 1.92. The molecule has 0 spiro atoms. The Kier molecular flexibility index (Phi) is 7.62. The van der Waals surface area contributed by atoms with Crippen molar-refractivity contribution in [2.45, 2.75) is 45.6 Å². The number of carbonyl (C=O) groups excluding carboxylic acids is 1. The summed E-state index contributed by atoms with van der Waals surface area (Å²) in [6.07, 6.45) is 8.38. The summed E-state index contributed by atoms with van der Waals surface area (Å²) in [6, 6.07) is 4.43. The standard InChI is InChI=1S/C25H36N8O/c1-17(18(2)24(34)32(3)4)21-16-28-25(31-23(21)29-19-7-5-6-8-19)30-22-10-9-20(15-27-22)33-13-11-26-12-14-33/h9-10,15-16,19,26H,5-8,11-14H2,1-4H3,(H2,27,28,29,30,31)/b18-17+. The Balaban J connectivity index is 1.57. The number of hydrogen-bond donors (Lipinski definition) is 3. The van der Waals surface area contributed by atoms with E-state index >= 15 is 0 Å². The summed E-state index contributed by atoms with van der Waals surface area (Å²) >= 11 is 0. The van der Waals surface area contributed by atoms with Gasteiger partial charge in [0.2, 0.25) is 11.9 Å². The SMILES string of the molecule is C/C(C(=O)N(C)C)=C(/C)c1cnc(Nc2ccc(N3CCNCC3)cn2)nc1NC1CCCC1. The molecule has 2 aromatic rings. The maximum absolute atomic E-state index is 12.5. The third-order valence-corrected chi connectivity index (χ3v) is 6.65. The highest BCUT2D eigenvalue weighted by atomic mass is 16.2. The molecule has 1 aliphatic heterocycles. The first-order chi connectivity index (χ1) is 16.4. The van der Waals surface area contributed by atoms with E-state index in [-0.39, 0.29) is 5.91 Å². The highest BCUT2D eigenvalue weighted by molar-refractivity contribution is 6.00. The van der Waals surface area contributed by atoms with Gasteiger partial charge >= 0.3 is 0 Å². The number of aromatic nitrogens is 3. The van der Waals surface area contributed by atoms with Crippen molar-refractivity contribution in [3.8, 4) is 0 Å². The summed E-state index contributed by atoms with van der Waals surface area (Å²) in [7, 11) is 3.53. The van der Waals surface area contributed by atoms with Gasteiger partial charge < -0.3 is 25.8 Å². The molecule has 2 aromatic heterocycles. The third-order valence-electron chi connectivity index (χ3n) is 6.65. The lowest BCUT2D eigenvalue weighted by Crippen LogP contribution is -2.43. The van der Waals surface area contributed by atoms with Crippen LogP contribution in [-0.4, -0.2) is 72.1 Å². The van der Waals surface area contributed by atoms with Gasteiger partial charge in [0.15, 0.2) is 0 Å². The Morgan fingerprint density at radius 2 is 1.82 bits per heavy atom. The minimum atomic E-state index is -0.0136. The number of anilines is 4. The number of nitrogens with zero attached hydrogens (tertiary/aromatic N) is 5. The van der Waals surface area contributed by atoms with E-state index in [0.29, 0.717) is 23.4 Å². The fourth-order valence-electron chi connectivity index (χ4n) is 4.47. The Labute approximate surface area is 202 Å². The number of allylic oxidation sites excluding steroid dienone is 1. The predicted octanol–water partition coefficient (Wildman–Crippen LogP) is 3.26. The summed E-state index contributed by atoms with van der Waals surface area (Å²) in [6.45, 7) is 7.76. The number of nitrogens with one attached hydrogen (secondary N) is 3. The van der Waals surface area contributed by atoms with Crippen LogP contribution in [-0.2, 0) is 4.79 Å². The second-order valence-electron chi connectivity index (χ2n) is 9.29. The zero-order chi connectivity index (χ0) is 24.1. The largest absolute Gasteiger partial charge is 0.368 e. The fraction of sp³-hybridized carbons (Fsp3) is 0.520. The maximum Gasteiger partial charge on any atom is 0.249 e. The molecule has 1 saturated heterocycles. The van der Waals surface area contributed by atoms with Crippen molar-refractivity contribution in [2.24, 2.45) is 0 Å². The molecule has 3 N–H and O–H groups in total. The van der Waals surface area contributed by atoms with Crippen LogP contribution in [0, 0.1) is 0 Å². The fourth-order valence-corrected chi connectivity index (χ4v) is 4.47. The first-order valence-corrected chi connectivity index (χ1v) is 12.1. The number of piperazine rings is 1. The Bertz CT molecular complexity index is 1020. The summed E-state index contributed by atoms with van der Waals surface area (Å²) in [4.78, 5) is 30.4. The molecule has 0 radical (unpaired) electrons. The average Bonchev–Trinajstić information content (AvgIpc) is 3.37. The van der Waals surface area contributed by atoms with Crippen LogP contribution in [0.15, 0.2) is 30.1 Å². The number of amides is 1. The van der Waals surface area contributed by atoms with Crippen LogP contribution in [0.1, 0.15) is 45.1 Å². The molecule has 34 heavy (non-hydrogen) atoms. The molecule has 2 aliphatic rings. The van der Waals surface area contributed by atoms with Gasteiger partial charge in [0.05, 0.1) is 11.9 Å². The third kappa shape index (κ3) is 5.64. The van der Waals surface area contributed by atoms with E-state index < -0.39 is 0 Å². The van der Waals surface area contributed by atoms with Gasteiger partial charge in [-0.1, -0.05) is 12.8 Å². The molecule has 1 amide bonds. The van der Waals surface area contributed by atoms with Crippen LogP contribution in [0.2, 0.25) is 0 Å². The Morgan fingerprint density at radius 1 is 1.09 bits per heavy atom. The van der Waals surface area contributed by atoms with Crippen LogP contribution in [0.4, 0.5) is 23.3 Å². The quantitative estimate of drug-likeness (QED) is 0.537. The molecule has 182 valence electrons. The molecule has 2 fully saturated rings. The van der Waals surface area contributed by atoms with E-state index in [1.807, 2.05) is 26.1 Å². The zero-order valence-corrected chi connectivity index (χ0v) is 20.7. The average molecular weight is 465 g/mol. The van der Waals surface area contributed by atoms with Crippen molar-refractivity contribution in [2.75, 3.05) is 55.8 Å². The molecule has 0 bridgehead atoms. The molecule has 1 saturated carbocycles. The van der Waals surface area contributed by atoms with E-state index in [0.717, 1.165) is 61.7 Å². The maximum atomic E-state index is 12.5. The van der Waals surface area contributed by atoms with Crippen LogP contribution in [0.5, 0.6) is 0 Å². The molecule has 4 rings (SSSR count). The van der Waals surface area contributed by atoms with Gasteiger partial charge in [-0.2, -0.15) is 4.98 Å². The van der Waals surface area contributed by atoms with Gasteiger partial charge in [-0.25, -0.2) is 9.97 Å². The molecular formula is C25H36N8O. The minimum absolute atomic E-state index is 0.0136. The van der Waals surface area contributed by atoms with Crippen LogP contribution in [0.3, 0.4) is 0 Å². The molecular weight excluding hydrogens is 428 g/mol. The van der Waals surface area contributed by atoms with Crippen molar-refractivity contribution < 1.29 is 4.79 Å². The molecule has 0 unspecified atom stereocenters. The van der Waals surface area contributed by atoms with Gasteiger partial charge in [-0.05, 0) is 44.4 Å². The summed E-state index contributed by atoms with van der Waals surface area (Å²) in [5.41, 5.74) is 3.54. The van der Waals surface area contributed by atoms with E-state index in [2.05, 4.69) is 36.9 Å². The van der Waals surface area contributed by atoms with E-state index in [4.69, 9.17) is 4.98 Å². The van der Waals surface area contributed by atoms with Gasteiger partial charge in [0.25, 0.3) is 0 Å². The Hall–Kier alpha value is -3.20. The van der Waals surface area contributed by atoms with Crippen molar-refractivity contribution >= 4 is 34.8 Å². The first-order valence-electron chi connectivity index (χ1n) is 12.1. The topological polar surface area (TPSA) is 98.3 Å². The summed E-state index contributed by atoms with van der Waals surface area (Å²) in [5, 5.41) is 10.2. The second kappa shape index (κ2) is 10.8. The van der Waals surface area contributed by atoms with Crippen LogP contribution in [0.25, 0.3) is 5.57 Å². The smallest absolute Gasteiger partial charge is 0.249 e. The van der Waals surface area contributed by atoms with Gasteiger partial charge in [-0.3, -0.25) is 4.79 Å². The van der Waals surface area contributed by atoms with Crippen molar-refractivity contribution in [1.29, 1.82) is 0 Å².